The number of benzene rings is 2. The van der Waals surface area contributed by atoms with Crippen LogP contribution in [0.4, 0.5) is 5.69 Å². The molecular weight excluding hydrogens is 374 g/mol. The van der Waals surface area contributed by atoms with Gasteiger partial charge >= 0.3 is 5.97 Å². The van der Waals surface area contributed by atoms with Crippen molar-refractivity contribution in [2.75, 3.05) is 18.1 Å². The zero-order valence-corrected chi connectivity index (χ0v) is 15.8. The smallest absolute Gasteiger partial charge is 0.331 e. The van der Waals surface area contributed by atoms with Gasteiger partial charge in [0.05, 0.1) is 22.7 Å². The fraction of sp³-hybridized carbons (Fsp3) is 0.143. The average molecular weight is 391 g/mol. The fourth-order valence-corrected chi connectivity index (χ4v) is 3.40. The van der Waals surface area contributed by atoms with Crippen LogP contribution >= 0.6 is 11.3 Å². The number of rotatable bonds is 7. The molecule has 0 aliphatic heterocycles. The third kappa shape index (κ3) is 5.02. The summed E-state index contributed by atoms with van der Waals surface area (Å²) < 4.78 is 6.09. The van der Waals surface area contributed by atoms with Crippen molar-refractivity contribution in [2.24, 2.45) is 0 Å². The normalized spacial score (nSPS) is 10.7. The van der Waals surface area contributed by atoms with Crippen LogP contribution in [-0.2, 0) is 14.3 Å². The SMILES string of the molecule is N#CCCN(C(=O)COC(=O)/C=C/c1nc2ccccc2s1)c1ccccc1. The molecule has 2 aromatic carbocycles. The quantitative estimate of drug-likeness (QED) is 0.452. The number of nitrogens with zero attached hydrogens (tertiary/aromatic N) is 3. The zero-order valence-electron chi connectivity index (χ0n) is 14.9. The molecule has 0 aliphatic rings. The lowest BCUT2D eigenvalue weighted by atomic mass is 10.2. The van der Waals surface area contributed by atoms with Crippen molar-refractivity contribution < 1.29 is 14.3 Å². The summed E-state index contributed by atoms with van der Waals surface area (Å²) in [7, 11) is 0. The molecule has 0 atom stereocenters. The minimum Gasteiger partial charge on any atom is -0.452 e. The molecule has 1 amide bonds. The lowest BCUT2D eigenvalue weighted by Crippen LogP contribution is -2.35. The first kappa shape index (κ1) is 19.3. The van der Waals surface area contributed by atoms with Crippen LogP contribution in [0, 0.1) is 11.3 Å². The lowest BCUT2D eigenvalue weighted by Gasteiger charge is -2.21. The van der Waals surface area contributed by atoms with Crippen molar-refractivity contribution in [3.05, 3.63) is 65.7 Å². The van der Waals surface area contributed by atoms with E-state index in [0.717, 1.165) is 10.2 Å². The summed E-state index contributed by atoms with van der Waals surface area (Å²) in [5.41, 5.74) is 1.52. The van der Waals surface area contributed by atoms with Gasteiger partial charge in [-0.05, 0) is 30.3 Å². The van der Waals surface area contributed by atoms with Crippen LogP contribution in [0.1, 0.15) is 11.4 Å². The largest absolute Gasteiger partial charge is 0.452 e. The molecule has 3 rings (SSSR count). The Morgan fingerprint density at radius 1 is 1.14 bits per heavy atom. The van der Waals surface area contributed by atoms with Gasteiger partial charge in [0.2, 0.25) is 0 Å². The summed E-state index contributed by atoms with van der Waals surface area (Å²) in [5.74, 6) is -1.01. The van der Waals surface area contributed by atoms with Crippen molar-refractivity contribution >= 4 is 45.2 Å². The second kappa shape index (κ2) is 9.44. The number of nitriles is 1. The molecule has 6 nitrogen and oxygen atoms in total. The fourth-order valence-electron chi connectivity index (χ4n) is 2.53. The van der Waals surface area contributed by atoms with Crippen LogP contribution in [-0.4, -0.2) is 30.0 Å². The average Bonchev–Trinajstić information content (AvgIpc) is 3.15. The Morgan fingerprint density at radius 2 is 1.89 bits per heavy atom. The van der Waals surface area contributed by atoms with E-state index < -0.39 is 12.6 Å². The number of hydrogen-bond donors (Lipinski definition) is 0. The minimum atomic E-state index is -0.624. The summed E-state index contributed by atoms with van der Waals surface area (Å²) >= 11 is 1.46. The Balaban J connectivity index is 1.59. The first-order chi connectivity index (χ1) is 13.7. The maximum Gasteiger partial charge on any atom is 0.331 e. The molecule has 0 fully saturated rings. The predicted molar refractivity (Wildman–Crippen MR) is 109 cm³/mol. The third-order valence-electron chi connectivity index (χ3n) is 3.83. The van der Waals surface area contributed by atoms with E-state index in [9.17, 15) is 9.59 Å². The highest BCUT2D eigenvalue weighted by Gasteiger charge is 2.16. The van der Waals surface area contributed by atoms with Gasteiger partial charge < -0.3 is 9.64 Å². The standard InChI is InChI=1S/C21H17N3O3S/c22-13-6-14-24(16-7-2-1-3-8-16)20(25)15-27-21(26)12-11-19-23-17-9-4-5-10-18(17)28-19/h1-5,7-12H,6,14-15H2/b12-11+. The van der Waals surface area contributed by atoms with E-state index in [1.165, 1.54) is 22.3 Å². The molecule has 0 unspecified atom stereocenters. The monoisotopic (exact) mass is 391 g/mol. The van der Waals surface area contributed by atoms with Crippen molar-refractivity contribution in [2.45, 2.75) is 6.42 Å². The number of anilines is 1. The van der Waals surface area contributed by atoms with E-state index >= 15 is 0 Å². The number of ether oxygens (including phenoxy) is 1. The van der Waals surface area contributed by atoms with Gasteiger partial charge in [-0.1, -0.05) is 30.3 Å². The molecule has 7 heteroatoms. The van der Waals surface area contributed by atoms with Crippen molar-refractivity contribution in [3.8, 4) is 6.07 Å². The number of para-hydroxylation sites is 2. The first-order valence-electron chi connectivity index (χ1n) is 8.60. The van der Waals surface area contributed by atoms with E-state index in [2.05, 4.69) is 4.98 Å². The van der Waals surface area contributed by atoms with E-state index in [1.807, 2.05) is 36.4 Å². The van der Waals surface area contributed by atoms with Crippen LogP contribution in [0.15, 0.2) is 60.7 Å². The maximum absolute atomic E-state index is 12.5. The van der Waals surface area contributed by atoms with Gasteiger partial charge in [-0.25, -0.2) is 9.78 Å². The number of esters is 1. The molecule has 140 valence electrons. The molecule has 0 spiro atoms. The highest BCUT2D eigenvalue weighted by Crippen LogP contribution is 2.22. The van der Waals surface area contributed by atoms with Crippen LogP contribution in [0.3, 0.4) is 0 Å². The van der Waals surface area contributed by atoms with Crippen molar-refractivity contribution in [1.82, 2.24) is 4.98 Å². The lowest BCUT2D eigenvalue weighted by molar-refractivity contribution is -0.142. The Bertz CT molecular complexity index is 1000. The van der Waals surface area contributed by atoms with Crippen LogP contribution in [0.2, 0.25) is 0 Å². The molecule has 0 aliphatic carbocycles. The molecule has 0 radical (unpaired) electrons. The molecule has 0 saturated carbocycles. The third-order valence-corrected chi connectivity index (χ3v) is 4.83. The second-order valence-electron chi connectivity index (χ2n) is 5.75. The number of fused-ring (bicyclic) bond motifs is 1. The summed E-state index contributed by atoms with van der Waals surface area (Å²) in [4.78, 5) is 30.2. The van der Waals surface area contributed by atoms with Crippen LogP contribution in [0.5, 0.6) is 0 Å². The van der Waals surface area contributed by atoms with Gasteiger partial charge in [-0.2, -0.15) is 5.26 Å². The van der Waals surface area contributed by atoms with Crippen LogP contribution < -0.4 is 4.90 Å². The molecule has 28 heavy (non-hydrogen) atoms. The Hall–Kier alpha value is -3.50. The number of aromatic nitrogens is 1. The Morgan fingerprint density at radius 3 is 2.64 bits per heavy atom. The Labute approximate surface area is 166 Å². The highest BCUT2D eigenvalue weighted by atomic mass is 32.1. The highest BCUT2D eigenvalue weighted by molar-refractivity contribution is 7.19. The summed E-state index contributed by atoms with van der Waals surface area (Å²) in [6, 6.07) is 18.7. The number of amides is 1. The summed E-state index contributed by atoms with van der Waals surface area (Å²) in [6.45, 7) is -0.165. The molecule has 0 bridgehead atoms. The summed E-state index contributed by atoms with van der Waals surface area (Å²) in [5, 5.41) is 9.49. The van der Waals surface area contributed by atoms with Gasteiger partial charge in [0.25, 0.3) is 5.91 Å². The second-order valence-corrected chi connectivity index (χ2v) is 6.81. The molecule has 0 N–H and O–H groups in total. The number of carbonyl (C=O) groups is 2. The minimum absolute atomic E-state index is 0.187. The number of carbonyl (C=O) groups excluding carboxylic acids is 2. The van der Waals surface area contributed by atoms with Crippen LogP contribution in [0.25, 0.3) is 16.3 Å². The van der Waals surface area contributed by atoms with Gasteiger partial charge in [0.1, 0.15) is 5.01 Å². The molecule has 1 aromatic heterocycles. The van der Waals surface area contributed by atoms with Gasteiger partial charge in [-0.3, -0.25) is 4.79 Å². The van der Waals surface area contributed by atoms with E-state index in [0.29, 0.717) is 10.7 Å². The maximum atomic E-state index is 12.5. The number of thiazole rings is 1. The van der Waals surface area contributed by atoms with Gasteiger partial charge in [-0.15, -0.1) is 11.3 Å². The molecule has 1 heterocycles. The predicted octanol–water partition coefficient (Wildman–Crippen LogP) is 3.80. The molecule has 0 saturated heterocycles. The van der Waals surface area contributed by atoms with Gasteiger partial charge in [0.15, 0.2) is 6.61 Å². The molecule has 3 aromatic rings. The van der Waals surface area contributed by atoms with E-state index in [1.54, 1.807) is 30.3 Å². The molecular formula is C21H17N3O3S. The zero-order chi connectivity index (χ0) is 19.8. The summed E-state index contributed by atoms with van der Waals surface area (Å²) in [6.07, 6.45) is 3.02. The van der Waals surface area contributed by atoms with E-state index in [4.69, 9.17) is 10.00 Å². The number of hydrogen-bond acceptors (Lipinski definition) is 6. The van der Waals surface area contributed by atoms with Gasteiger partial charge in [0, 0.05) is 18.3 Å². The van der Waals surface area contributed by atoms with E-state index in [-0.39, 0.29) is 18.9 Å². The van der Waals surface area contributed by atoms with Crippen molar-refractivity contribution in [1.29, 1.82) is 5.26 Å². The topological polar surface area (TPSA) is 83.3 Å². The van der Waals surface area contributed by atoms with Crippen molar-refractivity contribution in [3.63, 3.8) is 0 Å². The Kier molecular flexibility index (Phi) is 6.50. The first-order valence-corrected chi connectivity index (χ1v) is 9.42.